The standard InChI is InChI=1S/C17H18O/c1-13-4-5-14(2)16(12-13)9-6-15-7-10-17(18-3)11-8-15/h4-12H,1-3H3/b9-6+. The quantitative estimate of drug-likeness (QED) is 0.716. The van der Waals surface area contributed by atoms with Crippen molar-refractivity contribution in [2.45, 2.75) is 13.8 Å². The first kappa shape index (κ1) is 12.4. The first-order valence-electron chi connectivity index (χ1n) is 6.08. The van der Waals surface area contributed by atoms with Gasteiger partial charge in [-0.15, -0.1) is 0 Å². The first-order chi connectivity index (χ1) is 8.69. The van der Waals surface area contributed by atoms with E-state index < -0.39 is 0 Å². The maximum atomic E-state index is 5.14. The summed E-state index contributed by atoms with van der Waals surface area (Å²) in [5.41, 5.74) is 5.03. The van der Waals surface area contributed by atoms with Crippen LogP contribution in [-0.4, -0.2) is 7.11 Å². The lowest BCUT2D eigenvalue weighted by atomic mass is 10.0. The number of ether oxygens (including phenoxy) is 1. The molecule has 1 nitrogen and oxygen atoms in total. The normalized spacial score (nSPS) is 10.8. The number of hydrogen-bond donors (Lipinski definition) is 0. The van der Waals surface area contributed by atoms with Gasteiger partial charge >= 0.3 is 0 Å². The highest BCUT2D eigenvalue weighted by Crippen LogP contribution is 2.16. The maximum absolute atomic E-state index is 5.14. The fourth-order valence-electron chi connectivity index (χ4n) is 1.84. The van der Waals surface area contributed by atoms with Crippen LogP contribution in [0.5, 0.6) is 5.75 Å². The Morgan fingerprint density at radius 3 is 2.28 bits per heavy atom. The van der Waals surface area contributed by atoms with Crippen LogP contribution in [0.4, 0.5) is 0 Å². The molecule has 0 spiro atoms. The zero-order chi connectivity index (χ0) is 13.0. The van der Waals surface area contributed by atoms with Crippen LogP contribution >= 0.6 is 0 Å². The monoisotopic (exact) mass is 238 g/mol. The predicted octanol–water partition coefficient (Wildman–Crippen LogP) is 4.48. The minimum atomic E-state index is 0.888. The van der Waals surface area contributed by atoms with Crippen molar-refractivity contribution in [2.75, 3.05) is 7.11 Å². The molecule has 0 aromatic heterocycles. The molecule has 0 aliphatic rings. The second-order valence-corrected chi connectivity index (χ2v) is 4.47. The lowest BCUT2D eigenvalue weighted by molar-refractivity contribution is 0.415. The third-order valence-corrected chi connectivity index (χ3v) is 3.01. The van der Waals surface area contributed by atoms with E-state index in [4.69, 9.17) is 4.74 Å². The smallest absolute Gasteiger partial charge is 0.118 e. The van der Waals surface area contributed by atoms with Gasteiger partial charge in [0.25, 0.3) is 0 Å². The molecule has 0 aliphatic heterocycles. The Morgan fingerprint density at radius 2 is 1.61 bits per heavy atom. The molecule has 0 heterocycles. The highest BCUT2D eigenvalue weighted by atomic mass is 16.5. The van der Waals surface area contributed by atoms with Crippen molar-refractivity contribution in [3.05, 3.63) is 64.7 Å². The first-order valence-corrected chi connectivity index (χ1v) is 6.08. The average Bonchev–Trinajstić information content (AvgIpc) is 2.40. The van der Waals surface area contributed by atoms with Gasteiger partial charge in [0.05, 0.1) is 7.11 Å². The van der Waals surface area contributed by atoms with Gasteiger partial charge in [-0.25, -0.2) is 0 Å². The summed E-state index contributed by atoms with van der Waals surface area (Å²) >= 11 is 0. The number of rotatable bonds is 3. The second kappa shape index (κ2) is 5.54. The van der Waals surface area contributed by atoms with Crippen LogP contribution in [0.25, 0.3) is 12.2 Å². The van der Waals surface area contributed by atoms with E-state index in [0.29, 0.717) is 0 Å². The Labute approximate surface area is 109 Å². The van der Waals surface area contributed by atoms with E-state index in [9.17, 15) is 0 Å². The lowest BCUT2D eigenvalue weighted by Crippen LogP contribution is -1.83. The topological polar surface area (TPSA) is 9.23 Å². The van der Waals surface area contributed by atoms with Crippen molar-refractivity contribution >= 4 is 12.2 Å². The van der Waals surface area contributed by atoms with Gasteiger partial charge in [-0.05, 0) is 42.7 Å². The van der Waals surface area contributed by atoms with Crippen molar-refractivity contribution in [2.24, 2.45) is 0 Å². The summed E-state index contributed by atoms with van der Waals surface area (Å²) in [6.45, 7) is 4.25. The van der Waals surface area contributed by atoms with Gasteiger partial charge in [0.2, 0.25) is 0 Å². The van der Waals surface area contributed by atoms with E-state index in [0.717, 1.165) is 5.75 Å². The molecule has 0 radical (unpaired) electrons. The van der Waals surface area contributed by atoms with Gasteiger partial charge in [0, 0.05) is 0 Å². The molecule has 0 atom stereocenters. The third kappa shape index (κ3) is 3.01. The highest BCUT2D eigenvalue weighted by molar-refractivity contribution is 5.71. The largest absolute Gasteiger partial charge is 0.497 e. The molecular weight excluding hydrogens is 220 g/mol. The molecule has 0 fully saturated rings. The second-order valence-electron chi connectivity index (χ2n) is 4.47. The Balaban J connectivity index is 2.21. The molecule has 0 saturated heterocycles. The Hall–Kier alpha value is -2.02. The van der Waals surface area contributed by atoms with Crippen LogP contribution in [0.2, 0.25) is 0 Å². The Kier molecular flexibility index (Phi) is 3.83. The average molecular weight is 238 g/mol. The van der Waals surface area contributed by atoms with E-state index in [1.807, 2.05) is 12.1 Å². The van der Waals surface area contributed by atoms with Crippen LogP contribution in [0, 0.1) is 13.8 Å². The van der Waals surface area contributed by atoms with Gasteiger partial charge in [0.15, 0.2) is 0 Å². The van der Waals surface area contributed by atoms with E-state index in [2.05, 4.69) is 56.3 Å². The molecule has 92 valence electrons. The van der Waals surface area contributed by atoms with Crippen LogP contribution in [0.15, 0.2) is 42.5 Å². The van der Waals surface area contributed by atoms with Gasteiger partial charge in [-0.1, -0.05) is 48.0 Å². The lowest BCUT2D eigenvalue weighted by Gasteiger charge is -2.02. The fourth-order valence-corrected chi connectivity index (χ4v) is 1.84. The summed E-state index contributed by atoms with van der Waals surface area (Å²) in [7, 11) is 1.68. The highest BCUT2D eigenvalue weighted by Gasteiger charge is 1.95. The minimum Gasteiger partial charge on any atom is -0.497 e. The molecule has 2 rings (SSSR count). The Bertz CT molecular complexity index is 550. The van der Waals surface area contributed by atoms with Crippen LogP contribution < -0.4 is 4.74 Å². The number of hydrogen-bond acceptors (Lipinski definition) is 1. The molecule has 0 saturated carbocycles. The summed E-state index contributed by atoms with van der Waals surface area (Å²) in [4.78, 5) is 0. The van der Waals surface area contributed by atoms with Crippen molar-refractivity contribution in [1.29, 1.82) is 0 Å². The zero-order valence-corrected chi connectivity index (χ0v) is 11.1. The summed E-state index contributed by atoms with van der Waals surface area (Å²) in [5, 5.41) is 0. The van der Waals surface area contributed by atoms with Crippen LogP contribution in [0.1, 0.15) is 22.3 Å². The van der Waals surface area contributed by atoms with Gasteiger partial charge < -0.3 is 4.74 Å². The van der Waals surface area contributed by atoms with E-state index in [1.165, 1.54) is 22.3 Å². The third-order valence-electron chi connectivity index (χ3n) is 3.01. The summed E-state index contributed by atoms with van der Waals surface area (Å²) in [5.74, 6) is 0.888. The zero-order valence-electron chi connectivity index (χ0n) is 11.1. The minimum absolute atomic E-state index is 0.888. The molecule has 2 aromatic rings. The fraction of sp³-hybridized carbons (Fsp3) is 0.176. The molecule has 0 aliphatic carbocycles. The van der Waals surface area contributed by atoms with Crippen molar-refractivity contribution in [3.63, 3.8) is 0 Å². The summed E-state index contributed by atoms with van der Waals surface area (Å²) in [6.07, 6.45) is 4.28. The molecule has 18 heavy (non-hydrogen) atoms. The van der Waals surface area contributed by atoms with Gasteiger partial charge in [-0.2, -0.15) is 0 Å². The van der Waals surface area contributed by atoms with Gasteiger partial charge in [-0.3, -0.25) is 0 Å². The molecule has 0 amide bonds. The van der Waals surface area contributed by atoms with Crippen molar-refractivity contribution in [1.82, 2.24) is 0 Å². The number of methoxy groups -OCH3 is 1. The SMILES string of the molecule is COc1ccc(/C=C/c2cc(C)ccc2C)cc1. The molecule has 2 aromatic carbocycles. The molecule has 1 heteroatoms. The van der Waals surface area contributed by atoms with Crippen molar-refractivity contribution in [3.8, 4) is 5.75 Å². The molecule has 0 unspecified atom stereocenters. The molecule has 0 bridgehead atoms. The summed E-state index contributed by atoms with van der Waals surface area (Å²) in [6, 6.07) is 14.6. The van der Waals surface area contributed by atoms with Crippen molar-refractivity contribution < 1.29 is 4.74 Å². The van der Waals surface area contributed by atoms with E-state index in [-0.39, 0.29) is 0 Å². The molecular formula is C17H18O. The maximum Gasteiger partial charge on any atom is 0.118 e. The van der Waals surface area contributed by atoms with Crippen LogP contribution in [-0.2, 0) is 0 Å². The summed E-state index contributed by atoms with van der Waals surface area (Å²) < 4.78 is 5.14. The number of benzene rings is 2. The van der Waals surface area contributed by atoms with E-state index >= 15 is 0 Å². The number of aryl methyl sites for hydroxylation is 2. The Morgan fingerprint density at radius 1 is 0.889 bits per heavy atom. The van der Waals surface area contributed by atoms with Crippen LogP contribution in [0.3, 0.4) is 0 Å². The van der Waals surface area contributed by atoms with E-state index in [1.54, 1.807) is 7.11 Å². The molecule has 0 N–H and O–H groups in total. The predicted molar refractivity (Wildman–Crippen MR) is 77.8 cm³/mol. The van der Waals surface area contributed by atoms with Gasteiger partial charge in [0.1, 0.15) is 5.75 Å².